The second-order valence-corrected chi connectivity index (χ2v) is 5.37. The maximum atomic E-state index is 10.9. The molecule has 122 valence electrons. The van der Waals surface area contributed by atoms with E-state index in [0.29, 0.717) is 24.9 Å². The summed E-state index contributed by atoms with van der Waals surface area (Å²) in [6.07, 6.45) is 15.8. The lowest BCUT2D eigenvalue weighted by molar-refractivity contribution is -0.140. The third kappa shape index (κ3) is 16.9. The molecule has 0 aromatic carbocycles. The molecule has 0 aromatic rings. The number of unbranched alkanes of at least 4 members (excludes halogenated alkanes) is 7. The summed E-state index contributed by atoms with van der Waals surface area (Å²) in [6, 6.07) is 0.953. The van der Waals surface area contributed by atoms with Crippen LogP contribution in [0.1, 0.15) is 86.7 Å². The molecule has 21 heavy (non-hydrogen) atoms. The molecule has 0 aromatic heterocycles. The van der Waals surface area contributed by atoms with Crippen molar-refractivity contribution in [2.24, 2.45) is 0 Å². The Labute approximate surface area is 134 Å². The number of hydrogen-bond acceptors (Lipinski definition) is 2. The van der Waals surface area contributed by atoms with Gasteiger partial charge in [-0.25, -0.2) is 0 Å². The van der Waals surface area contributed by atoms with Crippen molar-refractivity contribution in [1.82, 2.24) is 0 Å². The first-order chi connectivity index (χ1) is 11.1. The molecule has 0 spiro atoms. The molecule has 0 saturated heterocycles. The van der Waals surface area contributed by atoms with Crippen molar-refractivity contribution in [2.75, 3.05) is 7.11 Å². The van der Waals surface area contributed by atoms with Crippen LogP contribution in [0.4, 0.5) is 0 Å². The molecule has 0 radical (unpaired) electrons. The number of esters is 1. The monoisotopic (exact) mass is 296 g/mol. The summed E-state index contributed by atoms with van der Waals surface area (Å²) in [4.78, 5) is 10.9. The molecule has 0 aliphatic carbocycles. The van der Waals surface area contributed by atoms with E-state index in [-0.39, 0.29) is 5.97 Å². The normalized spacial score (nSPS) is 13.8. The molecular weight excluding hydrogens is 260 g/mol. The van der Waals surface area contributed by atoms with Gasteiger partial charge in [0.15, 0.2) is 0 Å². The number of hydrogen-bond donors (Lipinski definition) is 0. The zero-order chi connectivity index (χ0) is 17.3. The van der Waals surface area contributed by atoms with Gasteiger partial charge in [-0.15, -0.1) is 0 Å². The van der Waals surface area contributed by atoms with Gasteiger partial charge in [-0.2, -0.15) is 0 Å². The van der Waals surface area contributed by atoms with Crippen molar-refractivity contribution in [3.8, 4) is 0 Å². The second kappa shape index (κ2) is 17.0. The first kappa shape index (κ1) is 16.3. The molecule has 0 atom stereocenters. The van der Waals surface area contributed by atoms with Gasteiger partial charge in [-0.05, 0) is 38.5 Å². The third-order valence-electron chi connectivity index (χ3n) is 3.40. The van der Waals surface area contributed by atoms with Crippen LogP contribution < -0.4 is 0 Å². The highest BCUT2D eigenvalue weighted by Gasteiger charge is 1.98. The lowest BCUT2D eigenvalue weighted by Gasteiger charge is -1.99. The molecule has 0 N–H and O–H groups in total. The number of allylic oxidation sites excluding steroid dienone is 4. The van der Waals surface area contributed by atoms with Gasteiger partial charge in [0.05, 0.1) is 9.85 Å². The van der Waals surface area contributed by atoms with E-state index in [2.05, 4.69) is 17.7 Å². The minimum Gasteiger partial charge on any atom is -0.469 e. The molecule has 0 bridgehead atoms. The lowest BCUT2D eigenvalue weighted by atomic mass is 10.1. The third-order valence-corrected chi connectivity index (χ3v) is 3.40. The van der Waals surface area contributed by atoms with Crippen LogP contribution in [0.15, 0.2) is 24.3 Å². The highest BCUT2D eigenvalue weighted by Crippen LogP contribution is 2.08. The predicted octanol–water partition coefficient (Wildman–Crippen LogP) is 5.97. The maximum Gasteiger partial charge on any atom is 0.305 e. The van der Waals surface area contributed by atoms with E-state index >= 15 is 0 Å². The summed E-state index contributed by atoms with van der Waals surface area (Å²) >= 11 is 0. The summed E-state index contributed by atoms with van der Waals surface area (Å²) in [7, 11) is 1.43. The van der Waals surface area contributed by atoms with Crippen LogP contribution in [0.25, 0.3) is 0 Å². The number of carbonyl (C=O) groups excluding carboxylic acids is 1. The van der Waals surface area contributed by atoms with E-state index in [1.165, 1.54) is 13.5 Å². The first-order valence-electron chi connectivity index (χ1n) is 9.48. The Kier molecular flexibility index (Phi) is 13.2. The molecule has 2 nitrogen and oxygen atoms in total. The molecular formula is C19H34O2. The standard InChI is InChI=1S/C19H34O2/c1-3-4-5-6-7-8-9-10-11-12-13-14-15-16-17-18-19(20)21-2/h7-8,10-11H,3-6,9,12-18H2,1-2H3/b8-7-,11-10-/i7D,8D. The number of rotatable bonds is 14. The number of methoxy groups -OCH3 is 1. The van der Waals surface area contributed by atoms with Crippen molar-refractivity contribution in [1.29, 1.82) is 0 Å². The van der Waals surface area contributed by atoms with Crippen molar-refractivity contribution >= 4 is 5.97 Å². The van der Waals surface area contributed by atoms with Gasteiger partial charge in [0.25, 0.3) is 0 Å². The fourth-order valence-electron chi connectivity index (χ4n) is 2.05. The van der Waals surface area contributed by atoms with Crippen LogP contribution in [0.2, 0.25) is 0 Å². The predicted molar refractivity (Wildman–Crippen MR) is 91.4 cm³/mol. The minimum absolute atomic E-state index is 0.115. The van der Waals surface area contributed by atoms with E-state index < -0.39 is 0 Å². The van der Waals surface area contributed by atoms with Gasteiger partial charge in [-0.1, -0.05) is 63.3 Å². The second-order valence-electron chi connectivity index (χ2n) is 5.37. The largest absolute Gasteiger partial charge is 0.469 e. The molecule has 0 amide bonds. The summed E-state index contributed by atoms with van der Waals surface area (Å²) < 4.78 is 20.3. The van der Waals surface area contributed by atoms with Crippen LogP contribution in [0, 0.1) is 0 Å². The van der Waals surface area contributed by atoms with Gasteiger partial charge >= 0.3 is 5.97 Å². The highest BCUT2D eigenvalue weighted by molar-refractivity contribution is 5.68. The Morgan fingerprint density at radius 1 is 0.952 bits per heavy atom. The van der Waals surface area contributed by atoms with Gasteiger partial charge in [0.2, 0.25) is 0 Å². The van der Waals surface area contributed by atoms with E-state index in [1.54, 1.807) is 0 Å². The Balaban J connectivity index is 3.56. The number of ether oxygens (including phenoxy) is 1. The smallest absolute Gasteiger partial charge is 0.305 e. The van der Waals surface area contributed by atoms with Gasteiger partial charge in [0.1, 0.15) is 0 Å². The molecule has 0 aliphatic heterocycles. The van der Waals surface area contributed by atoms with Crippen molar-refractivity contribution in [3.05, 3.63) is 24.3 Å². The van der Waals surface area contributed by atoms with Gasteiger partial charge in [-0.3, -0.25) is 4.79 Å². The quantitative estimate of drug-likeness (QED) is 0.224. The Morgan fingerprint density at radius 3 is 2.43 bits per heavy atom. The Hall–Kier alpha value is -1.05. The molecule has 0 heterocycles. The summed E-state index contributed by atoms with van der Waals surface area (Å²) in [6.45, 7) is 2.15. The van der Waals surface area contributed by atoms with E-state index in [0.717, 1.165) is 57.8 Å². The SMILES string of the molecule is [2H]/C(C/C=C\CCCCCCCC(=O)OC)=C(\[2H])CCCCC. The molecule has 0 saturated carbocycles. The van der Waals surface area contributed by atoms with Crippen LogP contribution in [0.3, 0.4) is 0 Å². The summed E-state index contributed by atoms with van der Waals surface area (Å²) in [5, 5.41) is 0. The summed E-state index contributed by atoms with van der Waals surface area (Å²) in [5.74, 6) is -0.115. The van der Waals surface area contributed by atoms with Crippen molar-refractivity contribution in [2.45, 2.75) is 84.0 Å². The molecule has 0 fully saturated rings. The molecule has 2 heteroatoms. The molecule has 0 rings (SSSR count). The fourth-order valence-corrected chi connectivity index (χ4v) is 2.05. The van der Waals surface area contributed by atoms with E-state index in [1.807, 2.05) is 6.08 Å². The van der Waals surface area contributed by atoms with Crippen molar-refractivity contribution < 1.29 is 12.3 Å². The summed E-state index contributed by atoms with van der Waals surface area (Å²) in [5.41, 5.74) is 0. The first-order valence-corrected chi connectivity index (χ1v) is 8.48. The number of carbonyl (C=O) groups is 1. The van der Waals surface area contributed by atoms with Crippen LogP contribution >= 0.6 is 0 Å². The highest BCUT2D eigenvalue weighted by atomic mass is 16.5. The van der Waals surface area contributed by atoms with Gasteiger partial charge < -0.3 is 4.74 Å². The molecule has 0 unspecified atom stereocenters. The van der Waals surface area contributed by atoms with Crippen LogP contribution in [-0.4, -0.2) is 13.1 Å². The Morgan fingerprint density at radius 2 is 1.67 bits per heavy atom. The maximum absolute atomic E-state index is 10.9. The lowest BCUT2D eigenvalue weighted by Crippen LogP contribution is -1.98. The van der Waals surface area contributed by atoms with Gasteiger partial charge in [0, 0.05) is 6.42 Å². The topological polar surface area (TPSA) is 26.3 Å². The minimum atomic E-state index is -0.115. The zero-order valence-corrected chi connectivity index (χ0v) is 14.0. The fraction of sp³-hybridized carbons (Fsp3) is 0.737. The van der Waals surface area contributed by atoms with E-state index in [4.69, 9.17) is 2.74 Å². The zero-order valence-electron chi connectivity index (χ0n) is 16.0. The van der Waals surface area contributed by atoms with Crippen LogP contribution in [-0.2, 0) is 9.53 Å². The van der Waals surface area contributed by atoms with Crippen molar-refractivity contribution in [3.63, 3.8) is 0 Å². The van der Waals surface area contributed by atoms with E-state index in [9.17, 15) is 4.79 Å². The van der Waals surface area contributed by atoms with Crippen LogP contribution in [0.5, 0.6) is 0 Å². The Bertz CT molecular complexity index is 362. The average molecular weight is 296 g/mol. The molecule has 0 aliphatic rings. The average Bonchev–Trinajstić information content (AvgIpc) is 2.56.